The number of rotatable bonds is 2. The molecule has 2 aliphatic heterocycles. The zero-order valence-electron chi connectivity index (χ0n) is 21.4. The van der Waals surface area contributed by atoms with E-state index in [1.807, 2.05) is 36.1 Å². The third kappa shape index (κ3) is 3.53. The number of aryl methyl sites for hydroxylation is 1. The van der Waals surface area contributed by atoms with E-state index in [-0.39, 0.29) is 23.1 Å². The molecule has 37 heavy (non-hydrogen) atoms. The highest BCUT2D eigenvalue weighted by Crippen LogP contribution is 2.35. The highest BCUT2D eigenvalue weighted by atomic mass is 35.5. The number of carbonyl (C=O) groups is 2. The molecular weight excluding hydrogens is 492 g/mol. The summed E-state index contributed by atoms with van der Waals surface area (Å²) in [5.74, 6) is 0.392. The van der Waals surface area contributed by atoms with E-state index in [1.54, 1.807) is 22.5 Å². The SMILES string of the molecule is Cc1nc(C(=O)N2CCN3C(=O)c4cn5nc(-c6ccc(Cl)cc6)cc(C(C)(C)C)c5[n+]4C3(C)C2)n[nH]1. The highest BCUT2D eigenvalue weighted by Gasteiger charge is 2.57. The second-order valence-corrected chi connectivity index (χ2v) is 11.4. The highest BCUT2D eigenvalue weighted by molar-refractivity contribution is 6.30. The van der Waals surface area contributed by atoms with E-state index in [1.165, 1.54) is 0 Å². The summed E-state index contributed by atoms with van der Waals surface area (Å²) in [5.41, 5.74) is 3.12. The van der Waals surface area contributed by atoms with Crippen molar-refractivity contribution in [2.45, 2.75) is 45.7 Å². The number of aromatic amines is 1. The van der Waals surface area contributed by atoms with Gasteiger partial charge in [-0.1, -0.05) is 54.1 Å². The molecule has 190 valence electrons. The van der Waals surface area contributed by atoms with Crippen LogP contribution in [0.1, 0.15) is 60.2 Å². The third-order valence-electron chi connectivity index (χ3n) is 7.29. The van der Waals surface area contributed by atoms with Crippen molar-refractivity contribution in [1.82, 2.24) is 34.6 Å². The first kappa shape index (κ1) is 23.6. The van der Waals surface area contributed by atoms with Crippen LogP contribution in [-0.4, -0.2) is 66.0 Å². The predicted octanol–water partition coefficient (Wildman–Crippen LogP) is 2.95. The van der Waals surface area contributed by atoms with E-state index in [2.05, 4.69) is 46.6 Å². The average molecular weight is 520 g/mol. The molecular formula is C26H28ClN8O2+. The molecule has 0 spiro atoms. The maximum atomic E-state index is 13.6. The fraction of sp³-hybridized carbons (Fsp3) is 0.385. The second-order valence-electron chi connectivity index (χ2n) is 11.0. The van der Waals surface area contributed by atoms with Crippen molar-refractivity contribution in [2.24, 2.45) is 0 Å². The van der Waals surface area contributed by atoms with Crippen molar-refractivity contribution in [1.29, 1.82) is 0 Å². The standard InChI is InChI=1S/C26H27ClN8O2/c1-15-28-21(30-29-15)24(37)32-10-11-33-23(36)20-13-34-22(35(20)26(33,5)14-32)18(25(2,3)4)12-19(31-34)16-6-8-17(27)9-7-16/h6-9,12-13H,10-11,14H2,1-5H3/p+1. The summed E-state index contributed by atoms with van der Waals surface area (Å²) in [6.07, 6.45) is 1.81. The van der Waals surface area contributed by atoms with Crippen LogP contribution in [0.4, 0.5) is 0 Å². The molecule has 3 aromatic heterocycles. The van der Waals surface area contributed by atoms with Crippen LogP contribution in [0.25, 0.3) is 16.9 Å². The summed E-state index contributed by atoms with van der Waals surface area (Å²) >= 11 is 6.11. The summed E-state index contributed by atoms with van der Waals surface area (Å²) in [7, 11) is 0. The molecule has 6 rings (SSSR count). The van der Waals surface area contributed by atoms with Crippen LogP contribution in [-0.2, 0) is 11.1 Å². The molecule has 1 atom stereocenters. The Balaban J connectivity index is 1.51. The molecule has 5 heterocycles. The van der Waals surface area contributed by atoms with Gasteiger partial charge in [0.25, 0.3) is 5.91 Å². The first-order valence-corrected chi connectivity index (χ1v) is 12.6. The molecule has 0 radical (unpaired) electrons. The van der Waals surface area contributed by atoms with Gasteiger partial charge in [-0.15, -0.1) is 5.10 Å². The van der Waals surface area contributed by atoms with Crippen molar-refractivity contribution in [2.75, 3.05) is 19.6 Å². The fourth-order valence-electron chi connectivity index (χ4n) is 5.46. The number of nitrogens with one attached hydrogen (secondary N) is 1. The lowest BCUT2D eigenvalue weighted by atomic mass is 9.87. The van der Waals surface area contributed by atoms with Gasteiger partial charge >= 0.3 is 11.6 Å². The number of nitrogens with zero attached hydrogens (tertiary/aromatic N) is 7. The molecule has 2 amide bonds. The topological polar surface area (TPSA) is 103 Å². The normalized spacial score (nSPS) is 19.5. The largest absolute Gasteiger partial charge is 0.328 e. The number of imidazole rings is 1. The van der Waals surface area contributed by atoms with Gasteiger partial charge in [-0.2, -0.15) is 4.57 Å². The summed E-state index contributed by atoms with van der Waals surface area (Å²) in [6.45, 7) is 11.3. The van der Waals surface area contributed by atoms with Crippen molar-refractivity contribution < 1.29 is 14.2 Å². The number of carbonyl (C=O) groups excluding carboxylic acids is 2. The van der Waals surface area contributed by atoms with Gasteiger partial charge in [0.15, 0.2) is 6.20 Å². The Hall–Kier alpha value is -3.79. The van der Waals surface area contributed by atoms with Gasteiger partial charge in [0.05, 0.1) is 12.1 Å². The van der Waals surface area contributed by atoms with Crippen LogP contribution < -0.4 is 4.57 Å². The van der Waals surface area contributed by atoms with Crippen LogP contribution in [0.3, 0.4) is 0 Å². The molecule has 1 N–H and O–H groups in total. The van der Waals surface area contributed by atoms with Crippen LogP contribution >= 0.6 is 11.6 Å². The summed E-state index contributed by atoms with van der Waals surface area (Å²) in [4.78, 5) is 34.7. The van der Waals surface area contributed by atoms with Gasteiger partial charge in [0.1, 0.15) is 11.5 Å². The number of amides is 2. The molecule has 1 fully saturated rings. The maximum Gasteiger partial charge on any atom is 0.313 e. The Kier molecular flexibility index (Phi) is 5.01. The fourth-order valence-corrected chi connectivity index (χ4v) is 5.59. The molecule has 1 aromatic carbocycles. The quantitative estimate of drug-likeness (QED) is 0.410. The number of hydrogen-bond acceptors (Lipinski definition) is 5. The minimum atomic E-state index is -0.788. The molecule has 1 saturated heterocycles. The minimum absolute atomic E-state index is 0.0678. The van der Waals surface area contributed by atoms with E-state index >= 15 is 0 Å². The number of H-pyrrole nitrogens is 1. The minimum Gasteiger partial charge on any atom is -0.328 e. The number of benzene rings is 1. The zero-order chi connectivity index (χ0) is 26.3. The molecule has 10 nitrogen and oxygen atoms in total. The van der Waals surface area contributed by atoms with Gasteiger partial charge in [0, 0.05) is 30.6 Å². The zero-order valence-corrected chi connectivity index (χ0v) is 22.2. The van der Waals surface area contributed by atoms with Crippen molar-refractivity contribution >= 4 is 29.1 Å². The molecule has 2 aliphatic rings. The van der Waals surface area contributed by atoms with Gasteiger partial charge in [-0.25, -0.2) is 4.98 Å². The maximum absolute atomic E-state index is 13.6. The van der Waals surface area contributed by atoms with E-state index in [9.17, 15) is 9.59 Å². The summed E-state index contributed by atoms with van der Waals surface area (Å²) < 4.78 is 3.86. The van der Waals surface area contributed by atoms with Crippen LogP contribution in [0, 0.1) is 6.92 Å². The first-order chi connectivity index (χ1) is 17.5. The van der Waals surface area contributed by atoms with Gasteiger partial charge in [0.2, 0.25) is 17.2 Å². The number of halogens is 1. The summed E-state index contributed by atoms with van der Waals surface area (Å²) in [5, 5.41) is 12.3. The molecule has 1 unspecified atom stereocenters. The Bertz CT molecular complexity index is 1580. The van der Waals surface area contributed by atoms with Crippen LogP contribution in [0.5, 0.6) is 0 Å². The Morgan fingerprint density at radius 3 is 2.57 bits per heavy atom. The average Bonchev–Trinajstić information content (AvgIpc) is 3.51. The first-order valence-electron chi connectivity index (χ1n) is 12.2. The van der Waals surface area contributed by atoms with E-state index < -0.39 is 5.66 Å². The Labute approximate surface area is 218 Å². The van der Waals surface area contributed by atoms with Crippen LogP contribution in [0.15, 0.2) is 36.5 Å². The van der Waals surface area contributed by atoms with Crippen molar-refractivity contribution in [3.63, 3.8) is 0 Å². The Morgan fingerprint density at radius 1 is 1.19 bits per heavy atom. The van der Waals surface area contributed by atoms with Gasteiger partial charge in [-0.3, -0.25) is 19.6 Å². The van der Waals surface area contributed by atoms with Crippen molar-refractivity contribution in [3.8, 4) is 11.3 Å². The number of hydrogen-bond donors (Lipinski definition) is 1. The lowest BCUT2D eigenvalue weighted by molar-refractivity contribution is -0.749. The van der Waals surface area contributed by atoms with E-state index in [0.717, 1.165) is 22.5 Å². The number of aromatic nitrogens is 6. The number of fused-ring (bicyclic) bond motifs is 5. The Morgan fingerprint density at radius 2 is 1.92 bits per heavy atom. The molecule has 4 aromatic rings. The third-order valence-corrected chi connectivity index (χ3v) is 7.54. The smallest absolute Gasteiger partial charge is 0.313 e. The lowest BCUT2D eigenvalue weighted by Gasteiger charge is -2.42. The second kappa shape index (κ2) is 7.85. The van der Waals surface area contributed by atoms with E-state index in [4.69, 9.17) is 16.7 Å². The summed E-state index contributed by atoms with van der Waals surface area (Å²) in [6, 6.07) is 9.66. The molecule has 0 aliphatic carbocycles. The van der Waals surface area contributed by atoms with E-state index in [0.29, 0.717) is 36.2 Å². The molecule has 0 bridgehead atoms. The van der Waals surface area contributed by atoms with Crippen molar-refractivity contribution in [3.05, 3.63) is 64.5 Å². The predicted molar refractivity (Wildman–Crippen MR) is 136 cm³/mol. The number of piperazine rings is 1. The van der Waals surface area contributed by atoms with Gasteiger partial charge in [-0.05, 0) is 30.5 Å². The van der Waals surface area contributed by atoms with Gasteiger partial charge < -0.3 is 4.90 Å². The van der Waals surface area contributed by atoms with Crippen LogP contribution in [0.2, 0.25) is 5.02 Å². The monoisotopic (exact) mass is 519 g/mol. The molecule has 11 heteroatoms. The molecule has 0 saturated carbocycles. The lowest BCUT2D eigenvalue weighted by Crippen LogP contribution is -2.69.